The summed E-state index contributed by atoms with van der Waals surface area (Å²) in [5, 5.41) is 3.37. The third-order valence-corrected chi connectivity index (χ3v) is 4.45. The van der Waals surface area contributed by atoms with Crippen molar-refractivity contribution in [2.24, 2.45) is 0 Å². The van der Waals surface area contributed by atoms with Gasteiger partial charge in [0.15, 0.2) is 0 Å². The molecule has 4 heteroatoms. The number of amides is 1. The number of piperazine rings is 1. The molecule has 2 unspecified atom stereocenters. The van der Waals surface area contributed by atoms with Gasteiger partial charge in [-0.1, -0.05) is 18.2 Å². The lowest BCUT2D eigenvalue weighted by Gasteiger charge is -2.35. The van der Waals surface area contributed by atoms with E-state index in [0.29, 0.717) is 12.6 Å². The summed E-state index contributed by atoms with van der Waals surface area (Å²) in [5.74, 6) is 0.233. The summed E-state index contributed by atoms with van der Waals surface area (Å²) in [5.41, 5.74) is 2.40. The van der Waals surface area contributed by atoms with Crippen molar-refractivity contribution in [2.75, 3.05) is 31.1 Å². The fourth-order valence-corrected chi connectivity index (χ4v) is 3.31. The van der Waals surface area contributed by atoms with Crippen LogP contribution in [-0.2, 0) is 11.2 Å². The van der Waals surface area contributed by atoms with Crippen molar-refractivity contribution < 1.29 is 4.79 Å². The predicted octanol–water partition coefficient (Wildman–Crippen LogP) is 1.26. The van der Waals surface area contributed by atoms with E-state index >= 15 is 0 Å². The van der Waals surface area contributed by atoms with Crippen molar-refractivity contribution in [3.8, 4) is 0 Å². The highest BCUT2D eigenvalue weighted by Crippen LogP contribution is 2.31. The van der Waals surface area contributed by atoms with Gasteiger partial charge in [0.2, 0.25) is 5.91 Å². The Bertz CT molecular complexity index is 502. The summed E-state index contributed by atoms with van der Waals surface area (Å²) in [7, 11) is 0. The molecule has 1 aromatic carbocycles. The Morgan fingerprint density at radius 2 is 2.10 bits per heavy atom. The van der Waals surface area contributed by atoms with E-state index < -0.39 is 0 Å². The van der Waals surface area contributed by atoms with Crippen LogP contribution >= 0.6 is 0 Å². The van der Waals surface area contributed by atoms with E-state index in [-0.39, 0.29) is 11.9 Å². The first-order valence-corrected chi connectivity index (χ1v) is 7.51. The lowest BCUT2D eigenvalue weighted by molar-refractivity contribution is -0.120. The van der Waals surface area contributed by atoms with Crippen LogP contribution in [0, 0.1) is 0 Å². The normalized spacial score (nSPS) is 26.6. The molecular formula is C16H23N3O. The maximum atomic E-state index is 12.7. The molecule has 2 atom stereocenters. The Balaban J connectivity index is 1.74. The highest BCUT2D eigenvalue weighted by molar-refractivity contribution is 5.97. The van der Waals surface area contributed by atoms with Crippen molar-refractivity contribution in [3.05, 3.63) is 29.8 Å². The van der Waals surface area contributed by atoms with Gasteiger partial charge in [-0.15, -0.1) is 0 Å². The van der Waals surface area contributed by atoms with Crippen molar-refractivity contribution in [1.29, 1.82) is 0 Å². The third-order valence-electron chi connectivity index (χ3n) is 4.45. The molecule has 1 saturated heterocycles. The number of hydrogen-bond donors (Lipinski definition) is 1. The number of carbonyl (C=O) groups excluding carboxylic acids is 1. The van der Waals surface area contributed by atoms with E-state index in [4.69, 9.17) is 0 Å². The molecule has 2 heterocycles. The second-order valence-corrected chi connectivity index (χ2v) is 5.97. The van der Waals surface area contributed by atoms with E-state index in [9.17, 15) is 4.79 Å². The van der Waals surface area contributed by atoms with E-state index in [2.05, 4.69) is 42.3 Å². The van der Waals surface area contributed by atoms with Crippen LogP contribution in [-0.4, -0.2) is 49.1 Å². The smallest absolute Gasteiger partial charge is 0.241 e. The number of rotatable bonds is 2. The molecule has 1 amide bonds. The van der Waals surface area contributed by atoms with Gasteiger partial charge < -0.3 is 10.2 Å². The number of nitrogens with zero attached hydrogens (tertiary/aromatic N) is 2. The minimum Gasteiger partial charge on any atom is -0.314 e. The number of anilines is 1. The van der Waals surface area contributed by atoms with Crippen LogP contribution < -0.4 is 10.2 Å². The topological polar surface area (TPSA) is 35.6 Å². The van der Waals surface area contributed by atoms with Gasteiger partial charge in [-0.25, -0.2) is 0 Å². The molecule has 20 heavy (non-hydrogen) atoms. The average molecular weight is 273 g/mol. The highest BCUT2D eigenvalue weighted by atomic mass is 16.2. The fourth-order valence-electron chi connectivity index (χ4n) is 3.31. The molecule has 3 rings (SSSR count). The summed E-state index contributed by atoms with van der Waals surface area (Å²) in [6.45, 7) is 7.75. The van der Waals surface area contributed by atoms with E-state index in [0.717, 1.165) is 31.7 Å². The second-order valence-electron chi connectivity index (χ2n) is 5.97. The Kier molecular flexibility index (Phi) is 3.76. The molecule has 0 spiro atoms. The van der Waals surface area contributed by atoms with Crippen molar-refractivity contribution in [3.63, 3.8) is 0 Å². The molecule has 1 aromatic rings. The quantitative estimate of drug-likeness (QED) is 0.881. The zero-order valence-electron chi connectivity index (χ0n) is 12.3. The fraction of sp³-hybridized carbons (Fsp3) is 0.562. The number of fused-ring (bicyclic) bond motifs is 1. The van der Waals surface area contributed by atoms with E-state index in [1.807, 2.05) is 11.0 Å². The van der Waals surface area contributed by atoms with Crippen molar-refractivity contribution in [1.82, 2.24) is 10.2 Å². The van der Waals surface area contributed by atoms with Gasteiger partial charge in [0.05, 0.1) is 6.54 Å². The Morgan fingerprint density at radius 3 is 2.90 bits per heavy atom. The van der Waals surface area contributed by atoms with E-state index in [1.54, 1.807) is 0 Å². The summed E-state index contributed by atoms with van der Waals surface area (Å²) in [4.78, 5) is 17.0. The number of nitrogens with one attached hydrogen (secondary N) is 1. The van der Waals surface area contributed by atoms with Gasteiger partial charge >= 0.3 is 0 Å². The summed E-state index contributed by atoms with van der Waals surface area (Å²) >= 11 is 0. The number of hydrogen-bond acceptors (Lipinski definition) is 3. The molecule has 0 radical (unpaired) electrons. The van der Waals surface area contributed by atoms with Crippen LogP contribution in [0.4, 0.5) is 5.69 Å². The summed E-state index contributed by atoms with van der Waals surface area (Å²) in [6.07, 6.45) is 0.971. The van der Waals surface area contributed by atoms with Gasteiger partial charge in [-0.2, -0.15) is 0 Å². The van der Waals surface area contributed by atoms with Crippen LogP contribution in [0.25, 0.3) is 0 Å². The minimum absolute atomic E-state index is 0.233. The van der Waals surface area contributed by atoms with Crippen molar-refractivity contribution >= 4 is 11.6 Å². The third kappa shape index (κ3) is 2.45. The Morgan fingerprint density at radius 1 is 1.30 bits per heavy atom. The monoisotopic (exact) mass is 273 g/mol. The van der Waals surface area contributed by atoms with Crippen LogP contribution in [0.2, 0.25) is 0 Å². The van der Waals surface area contributed by atoms with Gasteiger partial charge in [0.25, 0.3) is 0 Å². The van der Waals surface area contributed by atoms with Gasteiger partial charge in [0.1, 0.15) is 0 Å². The SMILES string of the molecule is CC1CNCCN1CC(=O)N1c2ccccc2CC1C. The zero-order valence-corrected chi connectivity index (χ0v) is 12.3. The average Bonchev–Trinajstić information content (AvgIpc) is 2.77. The first-order valence-electron chi connectivity index (χ1n) is 7.51. The largest absolute Gasteiger partial charge is 0.314 e. The molecule has 108 valence electrons. The lowest BCUT2D eigenvalue weighted by Crippen LogP contribution is -2.53. The highest BCUT2D eigenvalue weighted by Gasteiger charge is 2.32. The standard InChI is InChI=1S/C16H23N3O/c1-12-9-14-5-3-4-6-15(14)19(12)16(20)11-18-8-7-17-10-13(18)2/h3-6,12-13,17H,7-11H2,1-2H3. The summed E-state index contributed by atoms with van der Waals surface area (Å²) < 4.78 is 0. The first kappa shape index (κ1) is 13.6. The molecule has 4 nitrogen and oxygen atoms in total. The van der Waals surface area contributed by atoms with Crippen molar-refractivity contribution in [2.45, 2.75) is 32.4 Å². The summed E-state index contributed by atoms with van der Waals surface area (Å²) in [6, 6.07) is 8.98. The molecule has 2 aliphatic heterocycles. The minimum atomic E-state index is 0.233. The Labute approximate surface area is 120 Å². The maximum Gasteiger partial charge on any atom is 0.241 e. The van der Waals surface area contributed by atoms with Gasteiger partial charge in [-0.05, 0) is 31.9 Å². The van der Waals surface area contributed by atoms with Crippen LogP contribution in [0.3, 0.4) is 0 Å². The van der Waals surface area contributed by atoms with Gasteiger partial charge in [0, 0.05) is 37.4 Å². The molecule has 0 aromatic heterocycles. The van der Waals surface area contributed by atoms with E-state index in [1.165, 1.54) is 5.56 Å². The molecular weight excluding hydrogens is 250 g/mol. The maximum absolute atomic E-state index is 12.7. The molecule has 0 aliphatic carbocycles. The Hall–Kier alpha value is -1.39. The lowest BCUT2D eigenvalue weighted by atomic mass is 10.1. The number of benzene rings is 1. The zero-order chi connectivity index (χ0) is 14.1. The van der Waals surface area contributed by atoms with Crippen LogP contribution in [0.5, 0.6) is 0 Å². The molecule has 0 bridgehead atoms. The van der Waals surface area contributed by atoms with Gasteiger partial charge in [-0.3, -0.25) is 9.69 Å². The number of para-hydroxylation sites is 1. The first-order chi connectivity index (χ1) is 9.66. The molecule has 1 N–H and O–H groups in total. The molecule has 2 aliphatic rings. The number of carbonyl (C=O) groups is 1. The predicted molar refractivity (Wildman–Crippen MR) is 81.0 cm³/mol. The van der Waals surface area contributed by atoms with Crippen LogP contribution in [0.1, 0.15) is 19.4 Å². The second kappa shape index (κ2) is 5.54. The molecule has 0 saturated carbocycles. The van der Waals surface area contributed by atoms with Crippen LogP contribution in [0.15, 0.2) is 24.3 Å². The molecule has 1 fully saturated rings.